The van der Waals surface area contributed by atoms with Crippen molar-refractivity contribution in [3.05, 3.63) is 91.9 Å². The van der Waals surface area contributed by atoms with E-state index in [4.69, 9.17) is 0 Å². The normalized spacial score (nSPS) is 11.0. The third-order valence-electron chi connectivity index (χ3n) is 5.31. The molecule has 0 fully saturated rings. The fourth-order valence-electron chi connectivity index (χ4n) is 3.37. The number of nitrogens with zero attached hydrogens (tertiary/aromatic N) is 3. The molecule has 2 aromatic heterocycles. The van der Waals surface area contributed by atoms with E-state index in [9.17, 15) is 14.4 Å². The van der Waals surface area contributed by atoms with Crippen LogP contribution in [0.2, 0.25) is 0 Å². The number of thiophene rings is 1. The average molecular weight is 420 g/mol. The molecule has 0 atom stereocenters. The summed E-state index contributed by atoms with van der Waals surface area (Å²) in [6, 6.07) is 16.4. The summed E-state index contributed by atoms with van der Waals surface area (Å²) in [5.74, 6) is -0.249. The minimum atomic E-state index is -0.524. The maximum Gasteiger partial charge on any atom is 0.336 e. The molecule has 4 aromatic rings. The minimum absolute atomic E-state index is 0.164. The lowest BCUT2D eigenvalue weighted by Gasteiger charge is -2.19. The number of para-hydroxylation sites is 1. The summed E-state index contributed by atoms with van der Waals surface area (Å²) in [5.41, 5.74) is 2.88. The third-order valence-corrected chi connectivity index (χ3v) is 6.21. The molecule has 2 heterocycles. The molecule has 30 heavy (non-hydrogen) atoms. The van der Waals surface area contributed by atoms with Gasteiger partial charge in [-0.25, -0.2) is 9.36 Å². The van der Waals surface area contributed by atoms with Gasteiger partial charge in [-0.1, -0.05) is 24.3 Å². The van der Waals surface area contributed by atoms with Gasteiger partial charge in [0.25, 0.3) is 5.56 Å². The monoisotopic (exact) mass is 419 g/mol. The number of hydrogen-bond donors (Lipinski definition) is 0. The van der Waals surface area contributed by atoms with Gasteiger partial charge in [0, 0.05) is 12.7 Å². The van der Waals surface area contributed by atoms with E-state index < -0.39 is 5.69 Å². The number of anilines is 1. The van der Waals surface area contributed by atoms with E-state index in [1.54, 1.807) is 24.6 Å². The van der Waals surface area contributed by atoms with Crippen LogP contribution in [0.15, 0.2) is 69.6 Å². The van der Waals surface area contributed by atoms with Crippen LogP contribution in [-0.4, -0.2) is 22.1 Å². The van der Waals surface area contributed by atoms with E-state index in [2.05, 4.69) is 0 Å². The van der Waals surface area contributed by atoms with Crippen LogP contribution in [0.1, 0.15) is 11.1 Å². The quantitative estimate of drug-likeness (QED) is 0.509. The standard InChI is InChI=1S/C23H21N3O3S/c1-15-9-10-18(13-16(15)2)26-22(28)21-19(11-12-30-21)25(23(26)29)14-20(27)24(3)17-7-5-4-6-8-17/h4-13H,14H2,1-3H3. The van der Waals surface area contributed by atoms with Crippen molar-refractivity contribution in [1.29, 1.82) is 0 Å². The molecule has 0 bridgehead atoms. The Morgan fingerprint density at radius 1 is 1.00 bits per heavy atom. The maximum atomic E-state index is 13.4. The van der Waals surface area contributed by atoms with E-state index in [1.807, 2.05) is 56.3 Å². The Morgan fingerprint density at radius 3 is 2.43 bits per heavy atom. The number of fused-ring (bicyclic) bond motifs is 1. The van der Waals surface area contributed by atoms with Crippen molar-refractivity contribution >= 4 is 33.1 Å². The number of carbonyl (C=O) groups is 1. The molecule has 0 N–H and O–H groups in total. The summed E-state index contributed by atoms with van der Waals surface area (Å²) in [5, 5.41) is 1.76. The fraction of sp³-hybridized carbons (Fsp3) is 0.174. The third kappa shape index (κ3) is 3.37. The van der Waals surface area contributed by atoms with Crippen LogP contribution < -0.4 is 16.1 Å². The molecule has 0 unspecified atom stereocenters. The lowest BCUT2D eigenvalue weighted by atomic mass is 10.1. The van der Waals surface area contributed by atoms with Gasteiger partial charge in [-0.2, -0.15) is 0 Å². The average Bonchev–Trinajstić information content (AvgIpc) is 3.24. The molecule has 2 aromatic carbocycles. The first-order valence-electron chi connectivity index (χ1n) is 9.51. The molecule has 152 valence electrons. The second-order valence-corrected chi connectivity index (χ2v) is 8.12. The van der Waals surface area contributed by atoms with Crippen LogP contribution in [0.4, 0.5) is 5.69 Å². The predicted molar refractivity (Wildman–Crippen MR) is 121 cm³/mol. The van der Waals surface area contributed by atoms with Crippen LogP contribution in [0, 0.1) is 13.8 Å². The molecule has 0 aliphatic carbocycles. The smallest absolute Gasteiger partial charge is 0.314 e. The highest BCUT2D eigenvalue weighted by Crippen LogP contribution is 2.18. The Labute approximate surface area is 177 Å². The molecule has 4 rings (SSSR count). The van der Waals surface area contributed by atoms with E-state index in [0.717, 1.165) is 21.4 Å². The van der Waals surface area contributed by atoms with Crippen LogP contribution in [0.25, 0.3) is 15.9 Å². The molecule has 7 heteroatoms. The maximum absolute atomic E-state index is 13.4. The second kappa shape index (κ2) is 7.76. The zero-order valence-electron chi connectivity index (χ0n) is 17.0. The van der Waals surface area contributed by atoms with E-state index in [1.165, 1.54) is 20.8 Å². The summed E-state index contributed by atoms with van der Waals surface area (Å²) in [6.45, 7) is 3.74. The number of rotatable bonds is 4. The number of amides is 1. The molecule has 0 saturated heterocycles. The Bertz CT molecular complexity index is 1370. The van der Waals surface area contributed by atoms with Gasteiger partial charge in [-0.15, -0.1) is 11.3 Å². The number of benzene rings is 2. The summed E-state index contributed by atoms with van der Waals surface area (Å²) < 4.78 is 2.98. The van der Waals surface area contributed by atoms with Gasteiger partial charge in [0.05, 0.1) is 11.2 Å². The molecule has 0 aliphatic heterocycles. The molecular weight excluding hydrogens is 398 g/mol. The van der Waals surface area contributed by atoms with Crippen LogP contribution >= 0.6 is 11.3 Å². The molecule has 0 spiro atoms. The minimum Gasteiger partial charge on any atom is -0.314 e. The molecule has 0 saturated carbocycles. The molecular formula is C23H21N3O3S. The van der Waals surface area contributed by atoms with Gasteiger partial charge in [0.2, 0.25) is 5.91 Å². The van der Waals surface area contributed by atoms with Crippen molar-refractivity contribution in [2.75, 3.05) is 11.9 Å². The molecule has 0 aliphatic rings. The first kappa shape index (κ1) is 19.8. The van der Waals surface area contributed by atoms with Gasteiger partial charge in [0.15, 0.2) is 0 Å². The van der Waals surface area contributed by atoms with Crippen molar-refractivity contribution in [2.24, 2.45) is 0 Å². The summed E-state index contributed by atoms with van der Waals surface area (Å²) >= 11 is 1.27. The molecule has 6 nitrogen and oxygen atoms in total. The van der Waals surface area contributed by atoms with Gasteiger partial charge in [-0.05, 0) is 60.7 Å². The van der Waals surface area contributed by atoms with Crippen LogP contribution in [0.3, 0.4) is 0 Å². The van der Waals surface area contributed by atoms with E-state index in [-0.39, 0.29) is 18.0 Å². The highest BCUT2D eigenvalue weighted by atomic mass is 32.1. The summed E-state index contributed by atoms with van der Waals surface area (Å²) in [4.78, 5) is 40.9. The SMILES string of the molecule is Cc1ccc(-n2c(=O)c3sccc3n(CC(=O)N(C)c3ccccc3)c2=O)cc1C. The van der Waals surface area contributed by atoms with Crippen molar-refractivity contribution in [3.8, 4) is 5.69 Å². The summed E-state index contributed by atoms with van der Waals surface area (Å²) in [7, 11) is 1.67. The van der Waals surface area contributed by atoms with Gasteiger partial charge >= 0.3 is 5.69 Å². The zero-order chi connectivity index (χ0) is 21.4. The van der Waals surface area contributed by atoms with Crippen LogP contribution in [0.5, 0.6) is 0 Å². The highest BCUT2D eigenvalue weighted by molar-refractivity contribution is 7.17. The fourth-order valence-corrected chi connectivity index (χ4v) is 4.19. The lowest BCUT2D eigenvalue weighted by Crippen LogP contribution is -2.41. The molecule has 1 amide bonds. The Kier molecular flexibility index (Phi) is 5.13. The van der Waals surface area contributed by atoms with Crippen molar-refractivity contribution in [1.82, 2.24) is 9.13 Å². The number of carbonyl (C=O) groups excluding carboxylic acids is 1. The molecule has 0 radical (unpaired) electrons. The van der Waals surface area contributed by atoms with Crippen molar-refractivity contribution < 1.29 is 4.79 Å². The predicted octanol–water partition coefficient (Wildman–Crippen LogP) is 3.49. The number of likely N-dealkylation sites (N-methyl/N-ethyl adjacent to an activating group) is 1. The number of aromatic nitrogens is 2. The second-order valence-electron chi connectivity index (χ2n) is 7.20. The number of hydrogen-bond acceptors (Lipinski definition) is 4. The Hall–Kier alpha value is -3.45. The first-order chi connectivity index (χ1) is 14.4. The largest absolute Gasteiger partial charge is 0.336 e. The van der Waals surface area contributed by atoms with Gasteiger partial charge in [0.1, 0.15) is 11.2 Å². The zero-order valence-corrected chi connectivity index (χ0v) is 17.8. The first-order valence-corrected chi connectivity index (χ1v) is 10.4. The van der Waals surface area contributed by atoms with E-state index >= 15 is 0 Å². The Balaban J connectivity index is 1.85. The van der Waals surface area contributed by atoms with Crippen LogP contribution in [-0.2, 0) is 11.3 Å². The Morgan fingerprint density at radius 2 is 1.73 bits per heavy atom. The lowest BCUT2D eigenvalue weighted by molar-refractivity contribution is -0.118. The summed E-state index contributed by atoms with van der Waals surface area (Å²) in [6.07, 6.45) is 0. The highest BCUT2D eigenvalue weighted by Gasteiger charge is 2.19. The van der Waals surface area contributed by atoms with Gasteiger partial charge in [-0.3, -0.25) is 14.2 Å². The topological polar surface area (TPSA) is 64.3 Å². The van der Waals surface area contributed by atoms with E-state index in [0.29, 0.717) is 15.9 Å². The van der Waals surface area contributed by atoms with Gasteiger partial charge < -0.3 is 4.90 Å². The van der Waals surface area contributed by atoms with Crippen molar-refractivity contribution in [2.45, 2.75) is 20.4 Å². The van der Waals surface area contributed by atoms with Crippen molar-refractivity contribution in [3.63, 3.8) is 0 Å². The number of aryl methyl sites for hydroxylation is 2.